The summed E-state index contributed by atoms with van der Waals surface area (Å²) in [6.07, 6.45) is 1.97. The van der Waals surface area contributed by atoms with E-state index in [9.17, 15) is 0 Å². The van der Waals surface area contributed by atoms with E-state index in [1.165, 1.54) is 5.56 Å². The Kier molecular flexibility index (Phi) is 5.36. The van der Waals surface area contributed by atoms with Crippen LogP contribution in [0.15, 0.2) is 18.3 Å². The first-order chi connectivity index (χ1) is 8.71. The lowest BCUT2D eigenvalue weighted by Crippen LogP contribution is -2.39. The van der Waals surface area contributed by atoms with Gasteiger partial charge in [-0.05, 0) is 24.0 Å². The van der Waals surface area contributed by atoms with E-state index in [1.807, 2.05) is 6.20 Å². The van der Waals surface area contributed by atoms with E-state index in [-0.39, 0.29) is 5.41 Å². The van der Waals surface area contributed by atoms with Crippen LogP contribution in [0, 0.1) is 5.41 Å². The van der Waals surface area contributed by atoms with Crippen molar-refractivity contribution >= 4 is 5.82 Å². The van der Waals surface area contributed by atoms with Gasteiger partial charge in [0.15, 0.2) is 0 Å². The van der Waals surface area contributed by atoms with E-state index in [1.54, 1.807) is 0 Å². The lowest BCUT2D eigenvalue weighted by Gasteiger charge is -2.36. The van der Waals surface area contributed by atoms with Crippen LogP contribution in [0.5, 0.6) is 0 Å². The van der Waals surface area contributed by atoms with Gasteiger partial charge in [-0.15, -0.1) is 0 Å². The van der Waals surface area contributed by atoms with Crippen molar-refractivity contribution < 1.29 is 0 Å². The number of hydrogen-bond acceptors (Lipinski definition) is 3. The molecule has 3 heteroatoms. The van der Waals surface area contributed by atoms with E-state index >= 15 is 0 Å². The first kappa shape index (κ1) is 16.0. The molecule has 0 aromatic carbocycles. The van der Waals surface area contributed by atoms with Crippen LogP contribution >= 0.6 is 0 Å². The largest absolute Gasteiger partial charge is 0.356 e. The van der Waals surface area contributed by atoms with Crippen LogP contribution < -0.4 is 10.2 Å². The zero-order valence-corrected chi connectivity index (χ0v) is 13.5. The summed E-state index contributed by atoms with van der Waals surface area (Å²) in [4.78, 5) is 6.83. The molecule has 0 bridgehead atoms. The molecule has 3 nitrogen and oxygen atoms in total. The molecule has 0 spiro atoms. The maximum atomic E-state index is 4.58. The normalized spacial score (nSPS) is 13.7. The first-order valence-corrected chi connectivity index (χ1v) is 7.13. The fraction of sp³-hybridized carbons (Fsp3) is 0.688. The predicted molar refractivity (Wildman–Crippen MR) is 83.5 cm³/mol. The van der Waals surface area contributed by atoms with Gasteiger partial charge in [-0.1, -0.05) is 40.7 Å². The molecule has 0 aliphatic rings. The molecule has 1 aromatic rings. The summed E-state index contributed by atoms with van der Waals surface area (Å²) in [5.41, 5.74) is 1.48. The molecule has 1 atom stereocenters. The molecule has 108 valence electrons. The Labute approximate surface area is 118 Å². The number of nitrogens with one attached hydrogen (secondary N) is 1. The Balaban J connectivity index is 2.70. The summed E-state index contributed by atoms with van der Waals surface area (Å²) in [7, 11) is 2.12. The molecule has 0 aliphatic heterocycles. The highest BCUT2D eigenvalue weighted by Gasteiger charge is 2.24. The Morgan fingerprint density at radius 3 is 2.26 bits per heavy atom. The quantitative estimate of drug-likeness (QED) is 0.882. The maximum Gasteiger partial charge on any atom is 0.128 e. The van der Waals surface area contributed by atoms with Gasteiger partial charge >= 0.3 is 0 Å². The van der Waals surface area contributed by atoms with E-state index < -0.39 is 0 Å². The second-order valence-electron chi connectivity index (χ2n) is 6.71. The Morgan fingerprint density at radius 1 is 1.21 bits per heavy atom. The van der Waals surface area contributed by atoms with Crippen molar-refractivity contribution in [2.75, 3.05) is 11.9 Å². The van der Waals surface area contributed by atoms with Gasteiger partial charge in [0, 0.05) is 31.9 Å². The molecular formula is C16H29N3. The molecule has 1 aromatic heterocycles. The molecule has 1 N–H and O–H groups in total. The Hall–Kier alpha value is -1.09. The zero-order chi connectivity index (χ0) is 14.6. The molecule has 1 rings (SSSR count). The monoisotopic (exact) mass is 263 g/mol. The van der Waals surface area contributed by atoms with Crippen LogP contribution in [0.25, 0.3) is 0 Å². The lowest BCUT2D eigenvalue weighted by atomic mass is 9.87. The van der Waals surface area contributed by atoms with E-state index in [4.69, 9.17) is 0 Å². The summed E-state index contributed by atoms with van der Waals surface area (Å²) in [6.45, 7) is 14.2. The third-order valence-corrected chi connectivity index (χ3v) is 3.72. The predicted octanol–water partition coefficient (Wildman–Crippen LogP) is 3.45. The minimum Gasteiger partial charge on any atom is -0.356 e. The molecule has 0 amide bonds. The van der Waals surface area contributed by atoms with Crippen LogP contribution in [-0.4, -0.2) is 24.1 Å². The van der Waals surface area contributed by atoms with Crippen LogP contribution in [0.3, 0.4) is 0 Å². The van der Waals surface area contributed by atoms with Gasteiger partial charge < -0.3 is 10.2 Å². The third kappa shape index (κ3) is 4.83. The number of anilines is 1. The fourth-order valence-electron chi connectivity index (χ4n) is 1.83. The standard InChI is InChI=1S/C16H29N3/c1-12(2)17-10-14-8-9-15(18-11-14)19(7)13(3)16(4,5)6/h8-9,11-13,17H,10H2,1-7H3. The molecule has 1 heterocycles. The number of hydrogen-bond donors (Lipinski definition) is 1. The van der Waals surface area contributed by atoms with Gasteiger partial charge in [0.05, 0.1) is 0 Å². The highest BCUT2D eigenvalue weighted by molar-refractivity contribution is 5.39. The highest BCUT2D eigenvalue weighted by atomic mass is 15.2. The van der Waals surface area contributed by atoms with Gasteiger partial charge in [-0.25, -0.2) is 4.98 Å². The molecule has 1 unspecified atom stereocenters. The SMILES string of the molecule is CC(C)NCc1ccc(N(C)C(C)C(C)(C)C)nc1. The van der Waals surface area contributed by atoms with Crippen molar-refractivity contribution in [3.05, 3.63) is 23.9 Å². The number of rotatable bonds is 5. The third-order valence-electron chi connectivity index (χ3n) is 3.72. The van der Waals surface area contributed by atoms with Crippen LogP contribution in [0.1, 0.15) is 47.1 Å². The number of aromatic nitrogens is 1. The average Bonchev–Trinajstić information content (AvgIpc) is 2.34. The zero-order valence-electron chi connectivity index (χ0n) is 13.5. The summed E-state index contributed by atoms with van der Waals surface area (Å²) < 4.78 is 0. The van der Waals surface area contributed by atoms with Gasteiger partial charge in [-0.2, -0.15) is 0 Å². The fourth-order valence-corrected chi connectivity index (χ4v) is 1.83. The number of pyridine rings is 1. The Morgan fingerprint density at radius 2 is 1.84 bits per heavy atom. The molecular weight excluding hydrogens is 234 g/mol. The summed E-state index contributed by atoms with van der Waals surface area (Å²) in [5.74, 6) is 1.04. The lowest BCUT2D eigenvalue weighted by molar-refractivity contribution is 0.328. The van der Waals surface area contributed by atoms with Crippen molar-refractivity contribution in [2.45, 2.75) is 60.2 Å². The topological polar surface area (TPSA) is 28.2 Å². The number of nitrogens with zero attached hydrogens (tertiary/aromatic N) is 2. The van der Waals surface area contributed by atoms with Crippen molar-refractivity contribution in [1.29, 1.82) is 0 Å². The van der Waals surface area contributed by atoms with Crippen LogP contribution in [0.2, 0.25) is 0 Å². The smallest absolute Gasteiger partial charge is 0.128 e. The minimum atomic E-state index is 0.244. The minimum absolute atomic E-state index is 0.244. The summed E-state index contributed by atoms with van der Waals surface area (Å²) >= 11 is 0. The van der Waals surface area contributed by atoms with Gasteiger partial charge in [-0.3, -0.25) is 0 Å². The molecule has 0 saturated heterocycles. The second kappa shape index (κ2) is 6.38. The van der Waals surface area contributed by atoms with E-state index in [2.05, 4.69) is 75.9 Å². The average molecular weight is 263 g/mol. The second-order valence-corrected chi connectivity index (χ2v) is 6.71. The van der Waals surface area contributed by atoms with Crippen molar-refractivity contribution in [2.24, 2.45) is 5.41 Å². The van der Waals surface area contributed by atoms with Crippen LogP contribution in [0.4, 0.5) is 5.82 Å². The van der Waals surface area contributed by atoms with Gasteiger partial charge in [0.25, 0.3) is 0 Å². The first-order valence-electron chi connectivity index (χ1n) is 7.13. The van der Waals surface area contributed by atoms with Crippen molar-refractivity contribution in [3.63, 3.8) is 0 Å². The van der Waals surface area contributed by atoms with E-state index in [0.717, 1.165) is 12.4 Å². The van der Waals surface area contributed by atoms with Gasteiger partial charge in [0.2, 0.25) is 0 Å². The molecule has 0 radical (unpaired) electrons. The summed E-state index contributed by atoms with van der Waals surface area (Å²) in [5, 5.41) is 3.40. The Bertz CT molecular complexity index is 376. The molecule has 0 aliphatic carbocycles. The van der Waals surface area contributed by atoms with Gasteiger partial charge in [0.1, 0.15) is 5.82 Å². The van der Waals surface area contributed by atoms with Crippen molar-refractivity contribution in [1.82, 2.24) is 10.3 Å². The van der Waals surface area contributed by atoms with E-state index in [0.29, 0.717) is 12.1 Å². The molecule has 0 fully saturated rings. The maximum absolute atomic E-state index is 4.58. The van der Waals surface area contributed by atoms with Crippen LogP contribution in [-0.2, 0) is 6.54 Å². The van der Waals surface area contributed by atoms with Crippen molar-refractivity contribution in [3.8, 4) is 0 Å². The highest BCUT2D eigenvalue weighted by Crippen LogP contribution is 2.26. The molecule has 19 heavy (non-hydrogen) atoms. The summed E-state index contributed by atoms with van der Waals surface area (Å²) in [6, 6.07) is 5.21. The molecule has 0 saturated carbocycles.